The maximum absolute atomic E-state index is 10.9. The van der Waals surface area contributed by atoms with Crippen LogP contribution in [0.5, 0.6) is 0 Å². The van der Waals surface area contributed by atoms with Crippen LogP contribution in [0.15, 0.2) is 18.2 Å². The smallest absolute Gasteiger partial charge is 0.595 e. The molecule has 0 fully saturated rings. The molecule has 0 unspecified atom stereocenters. The minimum atomic E-state index is -2.73. The van der Waals surface area contributed by atoms with Crippen LogP contribution in [0.1, 0.15) is 18.1 Å². The van der Waals surface area contributed by atoms with Crippen LogP contribution in [0.4, 0.5) is 0 Å². The van der Waals surface area contributed by atoms with Crippen molar-refractivity contribution >= 4 is 18.0 Å². The number of carbonyl (C=O) groups is 1. The second-order valence-corrected chi connectivity index (χ2v) is 3.99. The van der Waals surface area contributed by atoms with Gasteiger partial charge in [-0.25, -0.2) is 0 Å². The number of ketones is 1. The number of carbonyl (C=O) groups excluding carboxylic acids is 1. The maximum Gasteiger partial charge on any atom is 0.595 e. The number of Topliss-reactive ketones (excluding diaryl/α,β-unsaturated/α-hetero) is 1. The largest absolute Gasteiger partial charge is 0.626 e. The summed E-state index contributed by atoms with van der Waals surface area (Å²) >= 11 is 0. The molecule has 80 valence electrons. The molecular formula is C10H13BO4. The van der Waals surface area contributed by atoms with E-state index in [0.29, 0.717) is 18.5 Å². The lowest BCUT2D eigenvalue weighted by molar-refractivity contribution is -0.116. The Bertz CT molecular complexity index is 414. The molecular weight excluding hydrogens is 195 g/mol. The van der Waals surface area contributed by atoms with Crippen LogP contribution in [0.3, 0.4) is 0 Å². The van der Waals surface area contributed by atoms with E-state index >= 15 is 0 Å². The monoisotopic (exact) mass is 208 g/mol. The average Bonchev–Trinajstić information content (AvgIpc) is 2.42. The molecule has 1 aliphatic rings. The third-order valence-corrected chi connectivity index (χ3v) is 2.60. The zero-order valence-electron chi connectivity index (χ0n) is 8.47. The first-order chi connectivity index (χ1) is 6.99. The fourth-order valence-corrected chi connectivity index (χ4v) is 1.87. The van der Waals surface area contributed by atoms with E-state index in [0.717, 1.165) is 11.1 Å². The summed E-state index contributed by atoms with van der Waals surface area (Å²) in [6.45, 7) is -0.889. The van der Waals surface area contributed by atoms with Crippen molar-refractivity contribution in [1.29, 1.82) is 0 Å². The second kappa shape index (κ2) is 3.45. The Morgan fingerprint density at radius 1 is 1.53 bits per heavy atom. The molecule has 0 saturated heterocycles. The SMILES string of the molecule is CC(=O)Cc1ccc2c(c1)[B-](O)(O)[OH+]C2. The first kappa shape index (κ1) is 10.4. The molecule has 0 spiro atoms. The van der Waals surface area contributed by atoms with Gasteiger partial charge in [-0.2, -0.15) is 0 Å². The summed E-state index contributed by atoms with van der Waals surface area (Å²) in [7, 11) is 0. The molecule has 0 aromatic heterocycles. The Balaban J connectivity index is 2.37. The van der Waals surface area contributed by atoms with Crippen molar-refractivity contribution in [3.05, 3.63) is 29.3 Å². The van der Waals surface area contributed by atoms with Crippen molar-refractivity contribution < 1.29 is 19.5 Å². The van der Waals surface area contributed by atoms with Gasteiger partial charge in [0.2, 0.25) is 0 Å². The van der Waals surface area contributed by atoms with Crippen LogP contribution in [-0.4, -0.2) is 27.2 Å². The molecule has 1 aromatic rings. The van der Waals surface area contributed by atoms with Crippen molar-refractivity contribution in [1.82, 2.24) is 0 Å². The van der Waals surface area contributed by atoms with Gasteiger partial charge in [0.15, 0.2) is 0 Å². The van der Waals surface area contributed by atoms with Gasteiger partial charge in [0.05, 0.1) is 0 Å². The number of aliphatic hydroxyl groups is 1. The lowest BCUT2D eigenvalue weighted by atomic mass is 9.70. The maximum atomic E-state index is 10.9. The molecule has 0 bridgehead atoms. The standard InChI is InChI=1S/C10H13BO4/c1-7(12)4-8-2-3-9-6-15-11(13,14)10(9)5-8/h2-3,5,13-15H,4,6H2,1H3. The van der Waals surface area contributed by atoms with E-state index in [1.165, 1.54) is 6.92 Å². The van der Waals surface area contributed by atoms with Crippen LogP contribution in [0.25, 0.3) is 0 Å². The highest BCUT2D eigenvalue weighted by molar-refractivity contribution is 6.73. The van der Waals surface area contributed by atoms with E-state index in [1.54, 1.807) is 12.1 Å². The molecule has 1 aromatic carbocycles. The third-order valence-electron chi connectivity index (χ3n) is 2.60. The first-order valence-electron chi connectivity index (χ1n) is 4.88. The minimum absolute atomic E-state index is 0.0545. The van der Waals surface area contributed by atoms with Crippen LogP contribution in [-0.2, 0) is 17.8 Å². The molecule has 0 amide bonds. The topological polar surface area (TPSA) is 70.3 Å². The summed E-state index contributed by atoms with van der Waals surface area (Å²) in [5.41, 5.74) is 2.08. The Hall–Kier alpha value is -1.17. The van der Waals surface area contributed by atoms with E-state index in [2.05, 4.69) is 4.65 Å². The lowest BCUT2D eigenvalue weighted by Gasteiger charge is -2.16. The average molecular weight is 208 g/mol. The highest BCUT2D eigenvalue weighted by Crippen LogP contribution is 2.14. The molecule has 0 aliphatic carbocycles. The van der Waals surface area contributed by atoms with Crippen molar-refractivity contribution in [2.24, 2.45) is 0 Å². The lowest BCUT2D eigenvalue weighted by Crippen LogP contribution is -2.50. The van der Waals surface area contributed by atoms with Gasteiger partial charge in [-0.3, -0.25) is 4.79 Å². The Morgan fingerprint density at radius 3 is 2.93 bits per heavy atom. The Morgan fingerprint density at radius 2 is 2.27 bits per heavy atom. The van der Waals surface area contributed by atoms with E-state index in [1.807, 2.05) is 6.07 Å². The number of rotatable bonds is 2. The summed E-state index contributed by atoms with van der Waals surface area (Å²) < 4.78 is 3.74. The van der Waals surface area contributed by atoms with Crippen LogP contribution in [0, 0.1) is 0 Å². The highest BCUT2D eigenvalue weighted by atomic mass is 16.6. The molecule has 0 atom stereocenters. The van der Waals surface area contributed by atoms with Gasteiger partial charge in [0.25, 0.3) is 0 Å². The van der Waals surface area contributed by atoms with Gasteiger partial charge < -0.3 is 14.7 Å². The van der Waals surface area contributed by atoms with Crippen LogP contribution >= 0.6 is 0 Å². The third kappa shape index (κ3) is 1.94. The normalized spacial score (nSPS) is 17.5. The number of fused-ring (bicyclic) bond motifs is 1. The second-order valence-electron chi connectivity index (χ2n) is 3.99. The molecule has 15 heavy (non-hydrogen) atoms. The van der Waals surface area contributed by atoms with E-state index < -0.39 is 6.75 Å². The Kier molecular flexibility index (Phi) is 2.38. The van der Waals surface area contributed by atoms with Crippen molar-refractivity contribution in [2.75, 3.05) is 0 Å². The fraction of sp³-hybridized carbons (Fsp3) is 0.300. The van der Waals surface area contributed by atoms with Gasteiger partial charge in [0, 0.05) is 12.0 Å². The molecule has 0 saturated carbocycles. The number of hydrogen-bond acceptors (Lipinski definition) is 3. The molecule has 5 heteroatoms. The summed E-state index contributed by atoms with van der Waals surface area (Å²) in [5, 5.41) is 19.1. The Labute approximate surface area is 87.5 Å². The van der Waals surface area contributed by atoms with E-state index in [-0.39, 0.29) is 5.78 Å². The summed E-state index contributed by atoms with van der Waals surface area (Å²) in [6, 6.07) is 5.29. The van der Waals surface area contributed by atoms with Crippen molar-refractivity contribution in [2.45, 2.75) is 20.0 Å². The predicted octanol–water partition coefficient (Wildman–Crippen LogP) is -1.01. The zero-order valence-corrected chi connectivity index (χ0v) is 8.47. The molecule has 0 radical (unpaired) electrons. The van der Waals surface area contributed by atoms with Crippen LogP contribution in [0.2, 0.25) is 0 Å². The van der Waals surface area contributed by atoms with Gasteiger partial charge in [-0.15, -0.1) is 0 Å². The number of benzene rings is 1. The highest BCUT2D eigenvalue weighted by Gasteiger charge is 2.41. The summed E-state index contributed by atoms with van der Waals surface area (Å²) in [4.78, 5) is 10.9. The molecule has 4 nitrogen and oxygen atoms in total. The molecule has 1 aliphatic heterocycles. The predicted molar refractivity (Wildman–Crippen MR) is 56.6 cm³/mol. The van der Waals surface area contributed by atoms with Gasteiger partial charge >= 0.3 is 6.75 Å². The van der Waals surface area contributed by atoms with E-state index in [9.17, 15) is 14.8 Å². The van der Waals surface area contributed by atoms with Crippen molar-refractivity contribution in [3.8, 4) is 0 Å². The zero-order chi connectivity index (χ0) is 11.1. The fourth-order valence-electron chi connectivity index (χ4n) is 1.87. The molecule has 1 heterocycles. The molecule has 2 rings (SSSR count). The van der Waals surface area contributed by atoms with Crippen LogP contribution < -0.4 is 5.46 Å². The van der Waals surface area contributed by atoms with Crippen molar-refractivity contribution in [3.63, 3.8) is 0 Å². The van der Waals surface area contributed by atoms with Gasteiger partial charge in [-0.1, -0.05) is 18.2 Å². The van der Waals surface area contributed by atoms with E-state index in [4.69, 9.17) is 0 Å². The minimum Gasteiger partial charge on any atom is -0.626 e. The molecule has 3 N–H and O–H groups in total. The van der Waals surface area contributed by atoms with Gasteiger partial charge in [-0.05, 0) is 17.9 Å². The summed E-state index contributed by atoms with van der Waals surface area (Å²) in [5.74, 6) is 0.0545. The van der Waals surface area contributed by atoms with Gasteiger partial charge in [0.1, 0.15) is 12.4 Å². The first-order valence-corrected chi connectivity index (χ1v) is 4.88. The number of hydrogen-bond donors (Lipinski definition) is 2. The quantitative estimate of drug-likeness (QED) is 0.483. The summed E-state index contributed by atoms with van der Waals surface area (Å²) in [6.07, 6.45) is 0.319.